The quantitative estimate of drug-likeness (QED) is 0.0700. The van der Waals surface area contributed by atoms with Gasteiger partial charge in [0.05, 0.1) is 0 Å². The molecule has 0 bridgehead atoms. The molecule has 0 unspecified atom stereocenters. The van der Waals surface area contributed by atoms with Crippen molar-refractivity contribution in [3.8, 4) is 0 Å². The van der Waals surface area contributed by atoms with E-state index in [2.05, 4.69) is 21.3 Å². The second-order valence-electron chi connectivity index (χ2n) is 10.9. The number of rotatable bonds is 19. The molecule has 0 spiro atoms. The Morgan fingerprint density at radius 1 is 0.830 bits per heavy atom. The van der Waals surface area contributed by atoms with Crippen LogP contribution in [-0.4, -0.2) is 82.5 Å². The fourth-order valence-corrected chi connectivity index (χ4v) is 3.81. The summed E-state index contributed by atoms with van der Waals surface area (Å²) in [6.45, 7) is 6.66. The van der Waals surface area contributed by atoms with E-state index in [9.17, 15) is 38.4 Å². The van der Waals surface area contributed by atoms with E-state index < -0.39 is 59.9 Å². The van der Waals surface area contributed by atoms with Crippen LogP contribution in [0.1, 0.15) is 58.9 Å². The molecule has 0 radical (unpaired) electrons. The molecule has 1 aromatic carbocycles. The minimum Gasteiger partial charge on any atom is -0.479 e. The molecule has 6 amide bonds. The SMILES string of the molecule is CC(C)C(=O)CCC(=O)N[C@H](C(=O)N[C@@H](CCCNC(N)=O)C(=O)Nc1ccc(COC(=O)NC(C(=O)O)C(=O)O)cc1)C(C)C.[Pt]. The zero-order valence-corrected chi connectivity index (χ0v) is 28.7. The smallest absolute Gasteiger partial charge is 0.408 e. The average molecular weight is 846 g/mol. The van der Waals surface area contributed by atoms with Crippen molar-refractivity contribution in [2.45, 2.75) is 78.1 Å². The molecule has 2 atom stereocenters. The third-order valence-electron chi connectivity index (χ3n) is 6.46. The van der Waals surface area contributed by atoms with Gasteiger partial charge in [-0.1, -0.05) is 39.8 Å². The van der Waals surface area contributed by atoms with Crippen molar-refractivity contribution in [1.82, 2.24) is 21.3 Å². The van der Waals surface area contributed by atoms with Crippen molar-refractivity contribution in [2.24, 2.45) is 17.6 Å². The number of Topliss-reactive ketones (excluding diaryl/α,β-unsaturated/α-hetero) is 1. The van der Waals surface area contributed by atoms with Gasteiger partial charge in [-0.05, 0) is 36.5 Å². The minimum atomic E-state index is -2.18. The molecule has 0 aliphatic heterocycles. The topological polar surface area (TPSA) is 272 Å². The largest absolute Gasteiger partial charge is 0.479 e. The fraction of sp³-hybridized carbons (Fsp3) is 0.517. The average Bonchev–Trinajstić information content (AvgIpc) is 2.97. The summed E-state index contributed by atoms with van der Waals surface area (Å²) in [7, 11) is 0. The van der Waals surface area contributed by atoms with Gasteiger partial charge in [0.15, 0.2) is 0 Å². The first-order valence-electron chi connectivity index (χ1n) is 14.5. The van der Waals surface area contributed by atoms with E-state index in [1.807, 2.05) is 0 Å². The number of urea groups is 1. The maximum atomic E-state index is 13.2. The van der Waals surface area contributed by atoms with Crippen LogP contribution in [0.15, 0.2) is 24.3 Å². The Kier molecular flexibility index (Phi) is 19.2. The van der Waals surface area contributed by atoms with Gasteiger partial charge in [-0.2, -0.15) is 0 Å². The van der Waals surface area contributed by atoms with Crippen LogP contribution in [-0.2, 0) is 61.2 Å². The number of carbonyl (C=O) groups is 8. The van der Waals surface area contributed by atoms with Gasteiger partial charge in [0.2, 0.25) is 23.8 Å². The first kappa shape index (κ1) is 42.5. The van der Waals surface area contributed by atoms with Gasteiger partial charge >= 0.3 is 24.1 Å². The number of aliphatic carboxylic acids is 2. The van der Waals surface area contributed by atoms with Crippen LogP contribution < -0.4 is 32.3 Å². The minimum absolute atomic E-state index is 0. The predicted octanol–water partition coefficient (Wildman–Crippen LogP) is 0.466. The molecule has 17 nitrogen and oxygen atoms in total. The number of carboxylic acids is 2. The molecular formula is C29H42N6O11Pt. The monoisotopic (exact) mass is 845 g/mol. The normalized spacial score (nSPS) is 11.8. The summed E-state index contributed by atoms with van der Waals surface area (Å²) in [6, 6.07) is 0.862. The molecule has 0 saturated heterocycles. The van der Waals surface area contributed by atoms with Crippen LogP contribution in [0, 0.1) is 11.8 Å². The third-order valence-corrected chi connectivity index (χ3v) is 6.46. The van der Waals surface area contributed by atoms with Crippen molar-refractivity contribution in [1.29, 1.82) is 0 Å². The summed E-state index contributed by atoms with van der Waals surface area (Å²) in [5.41, 5.74) is 5.81. The molecule has 264 valence electrons. The van der Waals surface area contributed by atoms with Crippen LogP contribution in [0.3, 0.4) is 0 Å². The number of amides is 6. The molecule has 0 aromatic heterocycles. The number of nitrogens with one attached hydrogen (secondary N) is 5. The van der Waals surface area contributed by atoms with Crippen molar-refractivity contribution in [3.05, 3.63) is 29.8 Å². The van der Waals surface area contributed by atoms with Gasteiger partial charge in [-0.3, -0.25) is 24.5 Å². The molecule has 0 heterocycles. The fourth-order valence-electron chi connectivity index (χ4n) is 3.81. The molecule has 47 heavy (non-hydrogen) atoms. The number of alkyl carbamates (subject to hydrolysis) is 1. The van der Waals surface area contributed by atoms with Crippen molar-refractivity contribution < 1.29 is 74.4 Å². The molecule has 0 aliphatic carbocycles. The number of carbonyl (C=O) groups excluding carboxylic acids is 6. The van der Waals surface area contributed by atoms with E-state index in [-0.39, 0.29) is 77.5 Å². The number of nitrogens with two attached hydrogens (primary N) is 1. The van der Waals surface area contributed by atoms with Crippen LogP contribution in [0.2, 0.25) is 0 Å². The van der Waals surface area contributed by atoms with E-state index in [1.165, 1.54) is 24.3 Å². The van der Waals surface area contributed by atoms with Crippen LogP contribution in [0.25, 0.3) is 0 Å². The Morgan fingerprint density at radius 3 is 1.94 bits per heavy atom. The number of hydrogen-bond donors (Lipinski definition) is 8. The molecule has 9 N–H and O–H groups in total. The van der Waals surface area contributed by atoms with E-state index in [0.717, 1.165) is 0 Å². The predicted molar refractivity (Wildman–Crippen MR) is 162 cm³/mol. The Morgan fingerprint density at radius 2 is 1.43 bits per heavy atom. The van der Waals surface area contributed by atoms with Gasteiger partial charge in [0, 0.05) is 52.1 Å². The first-order valence-corrected chi connectivity index (χ1v) is 14.5. The number of ether oxygens (including phenoxy) is 1. The Balaban J connectivity index is 0.0000212. The van der Waals surface area contributed by atoms with Crippen molar-refractivity contribution in [2.75, 3.05) is 11.9 Å². The Bertz CT molecular complexity index is 1260. The summed E-state index contributed by atoms with van der Waals surface area (Å²) < 4.78 is 4.84. The second-order valence-corrected chi connectivity index (χ2v) is 10.9. The molecule has 0 fully saturated rings. The third kappa shape index (κ3) is 16.6. The number of carboxylic acid groups (broad SMARTS) is 2. The molecule has 1 rings (SSSR count). The summed E-state index contributed by atoms with van der Waals surface area (Å²) in [4.78, 5) is 95.4. The van der Waals surface area contributed by atoms with Gasteiger partial charge in [-0.25, -0.2) is 19.2 Å². The first-order chi connectivity index (χ1) is 21.5. The number of benzene rings is 1. The maximum absolute atomic E-state index is 13.2. The Labute approximate surface area is 285 Å². The number of ketones is 1. The van der Waals surface area contributed by atoms with Crippen molar-refractivity contribution in [3.63, 3.8) is 0 Å². The molecular weight excluding hydrogens is 803 g/mol. The van der Waals surface area contributed by atoms with Gasteiger partial charge < -0.3 is 42.0 Å². The van der Waals surface area contributed by atoms with Crippen LogP contribution in [0.4, 0.5) is 15.3 Å². The zero-order chi connectivity index (χ0) is 35.0. The van der Waals surface area contributed by atoms with Gasteiger partial charge in [-0.15, -0.1) is 0 Å². The van der Waals surface area contributed by atoms with E-state index >= 15 is 0 Å². The van der Waals surface area contributed by atoms with Gasteiger partial charge in [0.1, 0.15) is 24.5 Å². The summed E-state index contributed by atoms with van der Waals surface area (Å²) in [6.07, 6.45) is -0.972. The standard InChI is InChI=1S/C29H42N6O11.Pt/c1-15(2)20(36)11-12-21(37)34-22(16(3)4)25(39)33-19(6-5-13-31-28(30)44)24(38)32-18-9-7-17(8-10-18)14-46-29(45)35-23(26(40)41)27(42)43;/h7-10,15-16,19,22-23H,5-6,11-14H2,1-4H3,(H,32,38)(H,33,39)(H,34,37)(H,35,45)(H,40,41)(H,42,43)(H3,30,31,44);/t19-,22-;/m0./s1. The summed E-state index contributed by atoms with van der Waals surface area (Å²) in [5.74, 6) is -5.94. The number of anilines is 1. The van der Waals surface area contributed by atoms with Crippen LogP contribution in [0.5, 0.6) is 0 Å². The maximum Gasteiger partial charge on any atom is 0.408 e. The van der Waals surface area contributed by atoms with Gasteiger partial charge in [0.25, 0.3) is 0 Å². The summed E-state index contributed by atoms with van der Waals surface area (Å²) >= 11 is 0. The van der Waals surface area contributed by atoms with Crippen LogP contribution >= 0.6 is 0 Å². The van der Waals surface area contributed by atoms with E-state index in [1.54, 1.807) is 33.0 Å². The second kappa shape index (κ2) is 21.3. The number of primary amides is 1. The van der Waals surface area contributed by atoms with Crippen molar-refractivity contribution >= 4 is 53.3 Å². The zero-order valence-electron chi connectivity index (χ0n) is 26.4. The van der Waals surface area contributed by atoms with E-state index in [0.29, 0.717) is 11.3 Å². The summed E-state index contributed by atoms with van der Waals surface area (Å²) in [5, 5.41) is 29.7. The molecule has 0 saturated carbocycles. The molecule has 18 heteroatoms. The number of hydrogen-bond acceptors (Lipinski definition) is 9. The molecule has 1 aromatic rings. The molecule has 0 aliphatic rings. The van der Waals surface area contributed by atoms with E-state index in [4.69, 9.17) is 20.7 Å². The Hall–Kier alpha value is -4.53.